The Morgan fingerprint density at radius 3 is 2.39 bits per heavy atom. The lowest BCUT2D eigenvalue weighted by atomic mass is 10.0. The molecule has 0 fully saturated rings. The highest BCUT2D eigenvalue weighted by molar-refractivity contribution is 6.00. The van der Waals surface area contributed by atoms with E-state index in [1.807, 2.05) is 0 Å². The van der Waals surface area contributed by atoms with Gasteiger partial charge in [-0.05, 0) is 38.1 Å². The average Bonchev–Trinajstić information content (AvgIpc) is 2.67. The van der Waals surface area contributed by atoms with E-state index in [1.54, 1.807) is 45.2 Å². The molecule has 148 valence electrons. The second-order valence-electron chi connectivity index (χ2n) is 6.35. The van der Waals surface area contributed by atoms with Gasteiger partial charge in [-0.3, -0.25) is 14.9 Å². The number of carbonyl (C=O) groups is 2. The molecule has 1 atom stereocenters. The monoisotopic (exact) mass is 386 g/mol. The Hall–Kier alpha value is -3.42. The van der Waals surface area contributed by atoms with Crippen LogP contribution in [0.25, 0.3) is 0 Å². The summed E-state index contributed by atoms with van der Waals surface area (Å²) < 4.78 is 10.3. The summed E-state index contributed by atoms with van der Waals surface area (Å²) in [5, 5.41) is 13.9. The molecule has 1 N–H and O–H groups in total. The number of ether oxygens (including phenoxy) is 2. The minimum atomic E-state index is -0.942. The zero-order valence-electron chi connectivity index (χ0n) is 15.9. The molecule has 0 aliphatic carbocycles. The third-order valence-electron chi connectivity index (χ3n) is 3.84. The number of Topliss-reactive ketones (excluding diaryl/α,β-unsaturated/α-hetero) is 1. The van der Waals surface area contributed by atoms with Crippen LogP contribution in [0.5, 0.6) is 5.75 Å². The van der Waals surface area contributed by atoms with Gasteiger partial charge in [-0.25, -0.2) is 4.79 Å². The molecule has 0 amide bonds. The number of nitrogens with zero attached hydrogens (tertiary/aromatic N) is 1. The minimum absolute atomic E-state index is 0.160. The first-order valence-electron chi connectivity index (χ1n) is 8.69. The summed E-state index contributed by atoms with van der Waals surface area (Å²) >= 11 is 0. The van der Waals surface area contributed by atoms with Crippen molar-refractivity contribution in [3.8, 4) is 5.75 Å². The molecule has 0 bridgehead atoms. The first-order valence-corrected chi connectivity index (χ1v) is 8.69. The van der Waals surface area contributed by atoms with Gasteiger partial charge < -0.3 is 14.8 Å². The Bertz CT molecular complexity index is 848. The number of ketones is 1. The fourth-order valence-corrected chi connectivity index (χ4v) is 2.49. The van der Waals surface area contributed by atoms with E-state index in [0.29, 0.717) is 11.4 Å². The predicted octanol–water partition coefficient (Wildman–Crippen LogP) is 3.61. The van der Waals surface area contributed by atoms with Gasteiger partial charge in [-0.15, -0.1) is 0 Å². The lowest BCUT2D eigenvalue weighted by molar-refractivity contribution is -0.384. The lowest BCUT2D eigenvalue weighted by Crippen LogP contribution is -2.35. The van der Waals surface area contributed by atoms with Crippen LogP contribution >= 0.6 is 0 Å². The molecular weight excluding hydrogens is 364 g/mol. The third-order valence-corrected chi connectivity index (χ3v) is 3.84. The van der Waals surface area contributed by atoms with Crippen molar-refractivity contribution < 1.29 is 24.0 Å². The zero-order valence-corrected chi connectivity index (χ0v) is 15.9. The van der Waals surface area contributed by atoms with Crippen LogP contribution in [0, 0.1) is 10.1 Å². The molecule has 2 aromatic rings. The number of carbonyl (C=O) groups excluding carboxylic acids is 2. The van der Waals surface area contributed by atoms with Crippen LogP contribution in [0.4, 0.5) is 11.4 Å². The summed E-state index contributed by atoms with van der Waals surface area (Å²) in [5.41, 5.74) is 0.585. The first-order chi connectivity index (χ1) is 13.3. The summed E-state index contributed by atoms with van der Waals surface area (Å²) in [6.07, 6.45) is -0.556. The fourth-order valence-electron chi connectivity index (χ4n) is 2.49. The minimum Gasteiger partial charge on any atom is -0.497 e. The highest BCUT2D eigenvalue weighted by Gasteiger charge is 2.25. The topological polar surface area (TPSA) is 108 Å². The molecule has 8 nitrogen and oxygen atoms in total. The van der Waals surface area contributed by atoms with Gasteiger partial charge in [0.05, 0.1) is 18.1 Å². The second kappa shape index (κ2) is 9.50. The summed E-state index contributed by atoms with van der Waals surface area (Å²) in [7, 11) is 1.54. The van der Waals surface area contributed by atoms with Gasteiger partial charge in [0, 0.05) is 29.8 Å². The number of hydrogen-bond donors (Lipinski definition) is 1. The fraction of sp³-hybridized carbons (Fsp3) is 0.300. The van der Waals surface area contributed by atoms with Crippen molar-refractivity contribution in [3.63, 3.8) is 0 Å². The molecule has 0 aromatic heterocycles. The Kier molecular flexibility index (Phi) is 7.08. The second-order valence-corrected chi connectivity index (χ2v) is 6.35. The van der Waals surface area contributed by atoms with E-state index < -0.39 is 22.7 Å². The zero-order chi connectivity index (χ0) is 20.7. The normalized spacial score (nSPS) is 11.6. The maximum Gasteiger partial charge on any atom is 0.329 e. The van der Waals surface area contributed by atoms with Gasteiger partial charge in [0.15, 0.2) is 5.78 Å². The Balaban J connectivity index is 2.20. The van der Waals surface area contributed by atoms with Crippen molar-refractivity contribution in [1.29, 1.82) is 0 Å². The Morgan fingerprint density at radius 1 is 1.14 bits per heavy atom. The number of non-ortho nitro benzene ring substituents is 1. The molecule has 0 aliphatic rings. The van der Waals surface area contributed by atoms with Crippen molar-refractivity contribution in [2.24, 2.45) is 0 Å². The smallest absolute Gasteiger partial charge is 0.329 e. The van der Waals surface area contributed by atoms with E-state index in [1.165, 1.54) is 24.3 Å². The van der Waals surface area contributed by atoms with Crippen molar-refractivity contribution in [2.75, 3.05) is 12.4 Å². The Labute approximate surface area is 162 Å². The third kappa shape index (κ3) is 5.80. The number of methoxy groups -OCH3 is 1. The Morgan fingerprint density at radius 2 is 1.82 bits per heavy atom. The number of benzene rings is 2. The van der Waals surface area contributed by atoms with Crippen LogP contribution in [-0.2, 0) is 9.53 Å². The molecule has 0 aliphatic heterocycles. The van der Waals surface area contributed by atoms with Crippen LogP contribution in [0.1, 0.15) is 30.6 Å². The molecule has 0 radical (unpaired) electrons. The summed E-state index contributed by atoms with van der Waals surface area (Å²) in [6.45, 7) is 3.43. The number of esters is 1. The molecule has 28 heavy (non-hydrogen) atoms. The quantitative estimate of drug-likeness (QED) is 0.303. The average molecular weight is 386 g/mol. The van der Waals surface area contributed by atoms with Gasteiger partial charge in [-0.1, -0.05) is 12.1 Å². The van der Waals surface area contributed by atoms with E-state index in [0.717, 1.165) is 0 Å². The van der Waals surface area contributed by atoms with E-state index >= 15 is 0 Å². The maximum atomic E-state index is 12.6. The number of nitro groups is 1. The highest BCUT2D eigenvalue weighted by Crippen LogP contribution is 2.19. The highest BCUT2D eigenvalue weighted by atomic mass is 16.6. The summed E-state index contributed by atoms with van der Waals surface area (Å²) in [5.74, 6) is -0.334. The molecule has 2 rings (SSSR count). The van der Waals surface area contributed by atoms with Crippen molar-refractivity contribution >= 4 is 23.1 Å². The number of nitro benzene ring substituents is 1. The van der Waals surface area contributed by atoms with E-state index in [4.69, 9.17) is 9.47 Å². The van der Waals surface area contributed by atoms with Crippen LogP contribution < -0.4 is 10.1 Å². The van der Waals surface area contributed by atoms with Gasteiger partial charge in [0.1, 0.15) is 11.8 Å². The van der Waals surface area contributed by atoms with Gasteiger partial charge in [0.2, 0.25) is 0 Å². The van der Waals surface area contributed by atoms with E-state index in [9.17, 15) is 19.7 Å². The molecule has 0 saturated carbocycles. The first kappa shape index (κ1) is 20.9. The van der Waals surface area contributed by atoms with Gasteiger partial charge >= 0.3 is 5.97 Å². The standard InChI is InChI=1S/C20H22N2O6/c1-13(2)28-20(24)18(21-15-7-9-17(27-3)10-8-15)12-19(23)14-5-4-6-16(11-14)22(25)26/h4-11,13,18,21H,12H2,1-3H3/t18-/m0/s1. The molecule has 0 heterocycles. The molecule has 0 saturated heterocycles. The van der Waals surface area contributed by atoms with Crippen LogP contribution in [0.2, 0.25) is 0 Å². The van der Waals surface area contributed by atoms with Crippen LogP contribution in [0.3, 0.4) is 0 Å². The molecule has 0 unspecified atom stereocenters. The van der Waals surface area contributed by atoms with Crippen molar-refractivity contribution in [3.05, 3.63) is 64.2 Å². The van der Waals surface area contributed by atoms with Crippen molar-refractivity contribution in [2.45, 2.75) is 32.4 Å². The number of anilines is 1. The largest absolute Gasteiger partial charge is 0.497 e. The number of nitrogens with one attached hydrogen (secondary N) is 1. The predicted molar refractivity (Wildman–Crippen MR) is 104 cm³/mol. The number of hydrogen-bond acceptors (Lipinski definition) is 7. The summed E-state index contributed by atoms with van der Waals surface area (Å²) in [4.78, 5) is 35.4. The molecule has 2 aromatic carbocycles. The number of rotatable bonds is 9. The maximum absolute atomic E-state index is 12.6. The van der Waals surface area contributed by atoms with Crippen LogP contribution in [0.15, 0.2) is 48.5 Å². The lowest BCUT2D eigenvalue weighted by Gasteiger charge is -2.20. The molecule has 0 spiro atoms. The van der Waals surface area contributed by atoms with Gasteiger partial charge in [0.25, 0.3) is 5.69 Å². The van der Waals surface area contributed by atoms with E-state index in [-0.39, 0.29) is 23.8 Å². The SMILES string of the molecule is COc1ccc(N[C@@H](CC(=O)c2cccc([N+](=O)[O-])c2)C(=O)OC(C)C)cc1. The summed E-state index contributed by atoms with van der Waals surface area (Å²) in [6, 6.07) is 11.3. The molecule has 8 heteroatoms. The van der Waals surface area contributed by atoms with Crippen LogP contribution in [-0.4, -0.2) is 35.9 Å². The van der Waals surface area contributed by atoms with Crippen molar-refractivity contribution in [1.82, 2.24) is 0 Å². The van der Waals surface area contributed by atoms with Gasteiger partial charge in [-0.2, -0.15) is 0 Å². The molecular formula is C20H22N2O6. The van der Waals surface area contributed by atoms with E-state index in [2.05, 4.69) is 5.32 Å².